The molecule has 0 aliphatic carbocycles. The third-order valence-electron chi connectivity index (χ3n) is 3.63. The molecular formula is C14H12N2O6S2. The third kappa shape index (κ3) is 2.68. The van der Waals surface area contributed by atoms with E-state index >= 15 is 0 Å². The van der Waals surface area contributed by atoms with Crippen molar-refractivity contribution in [3.63, 3.8) is 0 Å². The first-order chi connectivity index (χ1) is 11.3. The van der Waals surface area contributed by atoms with Crippen LogP contribution in [0.25, 0.3) is 0 Å². The van der Waals surface area contributed by atoms with Crippen LogP contribution in [0.3, 0.4) is 0 Å². The summed E-state index contributed by atoms with van der Waals surface area (Å²) in [6.07, 6.45) is 0. The quantitative estimate of drug-likeness (QED) is 0.465. The minimum atomic E-state index is -4.01. The lowest BCUT2D eigenvalue weighted by molar-refractivity contribution is -0.387. The first-order valence-corrected chi connectivity index (χ1v) is 9.03. The number of nitrogens with zero attached hydrogens (tertiary/aromatic N) is 2. The molecule has 0 bridgehead atoms. The van der Waals surface area contributed by atoms with E-state index in [1.54, 1.807) is 6.07 Å². The molecular weight excluding hydrogens is 356 g/mol. The number of fused-ring (bicyclic) bond motifs is 1. The van der Waals surface area contributed by atoms with E-state index < -0.39 is 26.6 Å². The molecule has 0 atom stereocenters. The van der Waals surface area contributed by atoms with Crippen LogP contribution in [0.15, 0.2) is 35.2 Å². The van der Waals surface area contributed by atoms with E-state index in [2.05, 4.69) is 4.74 Å². The van der Waals surface area contributed by atoms with E-state index in [4.69, 9.17) is 0 Å². The van der Waals surface area contributed by atoms with E-state index in [0.717, 1.165) is 15.2 Å². The molecule has 0 fully saturated rings. The van der Waals surface area contributed by atoms with Gasteiger partial charge in [-0.3, -0.25) is 10.1 Å². The summed E-state index contributed by atoms with van der Waals surface area (Å²) in [5.74, 6) is -0.470. The van der Waals surface area contributed by atoms with Crippen molar-refractivity contribution in [3.8, 4) is 0 Å². The van der Waals surface area contributed by atoms with Crippen LogP contribution < -0.4 is 0 Å². The monoisotopic (exact) mass is 368 g/mol. The van der Waals surface area contributed by atoms with Gasteiger partial charge in [-0.1, -0.05) is 12.1 Å². The highest BCUT2D eigenvalue weighted by Crippen LogP contribution is 2.36. The Kier molecular flexibility index (Phi) is 4.11. The van der Waals surface area contributed by atoms with Gasteiger partial charge < -0.3 is 4.74 Å². The minimum Gasteiger partial charge on any atom is -0.465 e. The smallest absolute Gasteiger partial charge is 0.348 e. The molecule has 2 aromatic rings. The van der Waals surface area contributed by atoms with Crippen molar-refractivity contribution in [2.45, 2.75) is 18.0 Å². The SMILES string of the molecule is COC(=O)c1cc2c(s1)CN(S(=O)(=O)c1ccccc1[N+](=O)[O-])C2. The molecule has 0 radical (unpaired) electrons. The standard InChI is InChI=1S/C14H12N2O6S2/c1-22-14(17)11-6-9-7-15(8-12(9)23-11)24(20,21)13-5-3-2-4-10(13)16(18)19/h2-6H,7-8H2,1H3. The van der Waals surface area contributed by atoms with E-state index in [1.807, 2.05) is 0 Å². The molecule has 0 spiro atoms. The fraction of sp³-hybridized carbons (Fsp3) is 0.214. The van der Waals surface area contributed by atoms with Crippen LogP contribution in [0, 0.1) is 10.1 Å². The number of nitro benzene ring substituents is 1. The number of methoxy groups -OCH3 is 1. The highest BCUT2D eigenvalue weighted by Gasteiger charge is 2.36. The molecule has 1 aliphatic heterocycles. The van der Waals surface area contributed by atoms with Gasteiger partial charge in [0.1, 0.15) is 4.88 Å². The van der Waals surface area contributed by atoms with Crippen molar-refractivity contribution >= 4 is 33.0 Å². The topological polar surface area (TPSA) is 107 Å². The van der Waals surface area contributed by atoms with E-state index in [0.29, 0.717) is 10.4 Å². The Morgan fingerprint density at radius 1 is 1.33 bits per heavy atom. The molecule has 0 amide bonds. The molecule has 126 valence electrons. The van der Waals surface area contributed by atoms with Crippen molar-refractivity contribution in [1.29, 1.82) is 0 Å². The average Bonchev–Trinajstić information content (AvgIpc) is 3.13. The lowest BCUT2D eigenvalue weighted by Crippen LogP contribution is -2.26. The number of ether oxygens (including phenoxy) is 1. The van der Waals surface area contributed by atoms with Gasteiger partial charge >= 0.3 is 5.97 Å². The van der Waals surface area contributed by atoms with E-state index in [-0.39, 0.29) is 18.0 Å². The zero-order valence-electron chi connectivity index (χ0n) is 12.5. The first-order valence-electron chi connectivity index (χ1n) is 6.78. The maximum atomic E-state index is 12.7. The molecule has 0 N–H and O–H groups in total. The molecule has 1 aromatic carbocycles. The number of hydrogen-bond acceptors (Lipinski definition) is 7. The highest BCUT2D eigenvalue weighted by atomic mass is 32.2. The Bertz CT molecular complexity index is 911. The second-order valence-corrected chi connectivity index (χ2v) is 8.09. The van der Waals surface area contributed by atoms with Gasteiger partial charge in [0.2, 0.25) is 0 Å². The fourth-order valence-corrected chi connectivity index (χ4v) is 5.21. The van der Waals surface area contributed by atoms with Crippen LogP contribution >= 0.6 is 11.3 Å². The van der Waals surface area contributed by atoms with Crippen LogP contribution in [0.1, 0.15) is 20.1 Å². The molecule has 0 saturated carbocycles. The van der Waals surface area contributed by atoms with E-state index in [1.165, 1.54) is 36.6 Å². The summed E-state index contributed by atoms with van der Waals surface area (Å²) in [6.45, 7) is 0.141. The van der Waals surface area contributed by atoms with Crippen LogP contribution in [0.5, 0.6) is 0 Å². The largest absolute Gasteiger partial charge is 0.465 e. The number of rotatable bonds is 4. The highest BCUT2D eigenvalue weighted by molar-refractivity contribution is 7.89. The van der Waals surface area contributed by atoms with Gasteiger partial charge in [0.05, 0.1) is 12.0 Å². The number of thiophene rings is 1. The Morgan fingerprint density at radius 2 is 2.04 bits per heavy atom. The molecule has 1 aromatic heterocycles. The molecule has 1 aliphatic rings. The second-order valence-electron chi connectivity index (χ2n) is 5.05. The summed E-state index contributed by atoms with van der Waals surface area (Å²) in [5.41, 5.74) is 0.255. The predicted octanol–water partition coefficient (Wildman–Crippen LogP) is 2.15. The number of para-hydroxylation sites is 1. The Labute approximate surface area is 141 Å². The van der Waals surface area contributed by atoms with Gasteiger partial charge in [-0.05, 0) is 17.7 Å². The van der Waals surface area contributed by atoms with Crippen molar-refractivity contribution in [2.75, 3.05) is 7.11 Å². The molecule has 24 heavy (non-hydrogen) atoms. The van der Waals surface area contributed by atoms with Crippen LogP contribution in [-0.2, 0) is 27.8 Å². The van der Waals surface area contributed by atoms with Gasteiger partial charge in [-0.15, -0.1) is 11.3 Å². The molecule has 8 nitrogen and oxygen atoms in total. The summed E-state index contributed by atoms with van der Waals surface area (Å²) in [4.78, 5) is 22.7. The molecule has 0 unspecified atom stereocenters. The van der Waals surface area contributed by atoms with Gasteiger partial charge in [-0.2, -0.15) is 4.31 Å². The number of hydrogen-bond donors (Lipinski definition) is 0. The summed E-state index contributed by atoms with van der Waals surface area (Å²) in [6, 6.07) is 6.84. The lowest BCUT2D eigenvalue weighted by Gasteiger charge is -2.15. The van der Waals surface area contributed by atoms with Gasteiger partial charge in [0.15, 0.2) is 4.90 Å². The summed E-state index contributed by atoms with van der Waals surface area (Å²) >= 11 is 1.17. The Hall–Kier alpha value is -2.30. The van der Waals surface area contributed by atoms with Crippen LogP contribution in [-0.4, -0.2) is 30.7 Å². The van der Waals surface area contributed by atoms with Crippen molar-refractivity contribution in [3.05, 3.63) is 55.8 Å². The Morgan fingerprint density at radius 3 is 2.67 bits per heavy atom. The summed E-state index contributed by atoms with van der Waals surface area (Å²) < 4.78 is 31.3. The number of sulfonamides is 1. The zero-order valence-corrected chi connectivity index (χ0v) is 14.1. The number of carbonyl (C=O) groups is 1. The molecule has 0 saturated heterocycles. The number of esters is 1. The van der Waals surface area contributed by atoms with Gasteiger partial charge in [-0.25, -0.2) is 13.2 Å². The molecule has 3 rings (SSSR count). The maximum absolute atomic E-state index is 12.7. The zero-order chi connectivity index (χ0) is 17.5. The van der Waals surface area contributed by atoms with Crippen molar-refractivity contribution < 1.29 is 22.9 Å². The summed E-state index contributed by atoms with van der Waals surface area (Å²) in [7, 11) is -2.73. The normalized spacial score (nSPS) is 14.4. The Balaban J connectivity index is 1.92. The fourth-order valence-electron chi connectivity index (χ4n) is 2.48. The van der Waals surface area contributed by atoms with Crippen molar-refractivity contribution in [1.82, 2.24) is 4.31 Å². The summed E-state index contributed by atoms with van der Waals surface area (Å²) in [5, 5.41) is 11.1. The van der Waals surface area contributed by atoms with Gasteiger partial charge in [0, 0.05) is 24.0 Å². The lowest BCUT2D eigenvalue weighted by atomic mass is 10.3. The number of nitro groups is 1. The third-order valence-corrected chi connectivity index (χ3v) is 6.61. The average molecular weight is 368 g/mol. The minimum absolute atomic E-state index is 0.0667. The molecule has 10 heteroatoms. The number of carbonyl (C=O) groups excluding carboxylic acids is 1. The second kappa shape index (κ2) is 5.96. The van der Waals surface area contributed by atoms with Gasteiger partial charge in [0.25, 0.3) is 15.7 Å². The maximum Gasteiger partial charge on any atom is 0.348 e. The first kappa shape index (κ1) is 16.6. The van der Waals surface area contributed by atoms with Crippen LogP contribution in [0.4, 0.5) is 5.69 Å². The number of benzene rings is 1. The molecule has 2 heterocycles. The van der Waals surface area contributed by atoms with E-state index in [9.17, 15) is 23.3 Å². The van der Waals surface area contributed by atoms with Crippen molar-refractivity contribution in [2.24, 2.45) is 0 Å². The predicted molar refractivity (Wildman–Crippen MR) is 85.2 cm³/mol. The van der Waals surface area contributed by atoms with Crippen LogP contribution in [0.2, 0.25) is 0 Å².